The highest BCUT2D eigenvalue weighted by Crippen LogP contribution is 2.46. The summed E-state index contributed by atoms with van der Waals surface area (Å²) in [6, 6.07) is 4.29. The summed E-state index contributed by atoms with van der Waals surface area (Å²) >= 11 is 0. The Morgan fingerprint density at radius 1 is 1.28 bits per heavy atom. The van der Waals surface area contributed by atoms with E-state index < -0.39 is 0 Å². The van der Waals surface area contributed by atoms with Gasteiger partial charge in [-0.1, -0.05) is 13.0 Å². The van der Waals surface area contributed by atoms with Gasteiger partial charge in [0.1, 0.15) is 0 Å². The quantitative estimate of drug-likeness (QED) is 0.790. The molecule has 0 amide bonds. The summed E-state index contributed by atoms with van der Waals surface area (Å²) in [6.45, 7) is 4.58. The van der Waals surface area contributed by atoms with Crippen LogP contribution in [0.2, 0.25) is 0 Å². The van der Waals surface area contributed by atoms with Crippen molar-refractivity contribution in [2.75, 3.05) is 13.1 Å². The summed E-state index contributed by atoms with van der Waals surface area (Å²) in [4.78, 5) is 2.59. The SMILES string of the molecule is CCCN1CC[C@@H]2c3ccc(O)c(O)c3CC[C@@H]21. The fraction of sp³-hybridized carbons (Fsp3) is 0.600. The van der Waals surface area contributed by atoms with Gasteiger partial charge in [0.25, 0.3) is 0 Å². The Kier molecular flexibility index (Phi) is 2.94. The van der Waals surface area contributed by atoms with Crippen LogP contribution in [0, 0.1) is 0 Å². The summed E-state index contributed by atoms with van der Waals surface area (Å²) in [6.07, 6.45) is 4.38. The van der Waals surface area contributed by atoms with Gasteiger partial charge in [0.2, 0.25) is 0 Å². The van der Waals surface area contributed by atoms with E-state index in [-0.39, 0.29) is 11.5 Å². The van der Waals surface area contributed by atoms with E-state index in [4.69, 9.17) is 0 Å². The second-order valence-electron chi connectivity index (χ2n) is 5.54. The molecule has 0 unspecified atom stereocenters. The minimum atomic E-state index is 0.0237. The number of hydrogen-bond donors (Lipinski definition) is 2. The van der Waals surface area contributed by atoms with Crippen molar-refractivity contribution in [2.24, 2.45) is 0 Å². The molecule has 1 aromatic carbocycles. The first-order chi connectivity index (χ1) is 8.72. The second kappa shape index (κ2) is 4.47. The summed E-state index contributed by atoms with van der Waals surface area (Å²) in [5, 5.41) is 19.6. The molecule has 3 heteroatoms. The number of hydrogen-bond acceptors (Lipinski definition) is 3. The average Bonchev–Trinajstić information content (AvgIpc) is 2.78. The minimum absolute atomic E-state index is 0.0237. The maximum Gasteiger partial charge on any atom is 0.160 e. The van der Waals surface area contributed by atoms with Crippen molar-refractivity contribution in [1.29, 1.82) is 0 Å². The number of benzene rings is 1. The number of likely N-dealkylation sites (tertiary alicyclic amines) is 1. The highest BCUT2D eigenvalue weighted by atomic mass is 16.3. The molecule has 2 aliphatic rings. The lowest BCUT2D eigenvalue weighted by Gasteiger charge is -2.33. The van der Waals surface area contributed by atoms with Crippen molar-refractivity contribution >= 4 is 0 Å². The minimum Gasteiger partial charge on any atom is -0.504 e. The third-order valence-electron chi connectivity index (χ3n) is 4.56. The Morgan fingerprint density at radius 2 is 2.11 bits per heavy atom. The van der Waals surface area contributed by atoms with Crippen LogP contribution in [0.25, 0.3) is 0 Å². The largest absolute Gasteiger partial charge is 0.504 e. The molecule has 0 aromatic heterocycles. The second-order valence-corrected chi connectivity index (χ2v) is 5.54. The smallest absolute Gasteiger partial charge is 0.160 e. The van der Waals surface area contributed by atoms with Gasteiger partial charge < -0.3 is 10.2 Å². The van der Waals surface area contributed by atoms with Gasteiger partial charge in [-0.3, -0.25) is 4.90 Å². The van der Waals surface area contributed by atoms with Crippen LogP contribution in [0.3, 0.4) is 0 Å². The van der Waals surface area contributed by atoms with Crippen molar-refractivity contribution in [3.05, 3.63) is 23.3 Å². The lowest BCUT2D eigenvalue weighted by Crippen LogP contribution is -2.35. The van der Waals surface area contributed by atoms with Crippen LogP contribution in [0.1, 0.15) is 43.2 Å². The average molecular weight is 247 g/mol. The lowest BCUT2D eigenvalue weighted by atomic mass is 9.79. The lowest BCUT2D eigenvalue weighted by molar-refractivity contribution is 0.226. The molecule has 2 atom stereocenters. The highest BCUT2D eigenvalue weighted by Gasteiger charge is 2.39. The summed E-state index contributed by atoms with van der Waals surface area (Å²) in [5.41, 5.74) is 2.25. The van der Waals surface area contributed by atoms with Gasteiger partial charge in [-0.15, -0.1) is 0 Å². The fourth-order valence-corrected chi connectivity index (χ4v) is 3.77. The number of nitrogens with zero attached hydrogens (tertiary/aromatic N) is 1. The molecule has 1 heterocycles. The molecule has 3 nitrogen and oxygen atoms in total. The van der Waals surface area contributed by atoms with Crippen LogP contribution in [-0.4, -0.2) is 34.2 Å². The van der Waals surface area contributed by atoms with E-state index in [9.17, 15) is 10.2 Å². The Hall–Kier alpha value is -1.22. The molecule has 18 heavy (non-hydrogen) atoms. The highest BCUT2D eigenvalue weighted by molar-refractivity contribution is 5.52. The molecule has 1 saturated heterocycles. The maximum absolute atomic E-state index is 9.97. The number of fused-ring (bicyclic) bond motifs is 3. The number of phenolic OH excluding ortho intramolecular Hbond substituents is 2. The monoisotopic (exact) mass is 247 g/mol. The van der Waals surface area contributed by atoms with Gasteiger partial charge >= 0.3 is 0 Å². The van der Waals surface area contributed by atoms with Crippen LogP contribution < -0.4 is 0 Å². The van der Waals surface area contributed by atoms with E-state index in [1.165, 1.54) is 31.5 Å². The first-order valence-electron chi connectivity index (χ1n) is 7.00. The molecule has 0 radical (unpaired) electrons. The molecule has 98 valence electrons. The van der Waals surface area contributed by atoms with Gasteiger partial charge in [-0.2, -0.15) is 0 Å². The summed E-state index contributed by atoms with van der Waals surface area (Å²) in [7, 11) is 0. The summed E-state index contributed by atoms with van der Waals surface area (Å²) in [5.74, 6) is 0.683. The Bertz CT molecular complexity index is 458. The maximum atomic E-state index is 9.97. The predicted molar refractivity (Wildman–Crippen MR) is 71.1 cm³/mol. The Balaban J connectivity index is 1.94. The third-order valence-corrected chi connectivity index (χ3v) is 4.56. The van der Waals surface area contributed by atoms with Crippen LogP contribution in [0.15, 0.2) is 12.1 Å². The molecule has 1 aliphatic carbocycles. The molecule has 1 aliphatic heterocycles. The zero-order chi connectivity index (χ0) is 12.7. The Morgan fingerprint density at radius 3 is 2.89 bits per heavy atom. The van der Waals surface area contributed by atoms with Crippen molar-refractivity contribution in [2.45, 2.75) is 44.6 Å². The molecule has 0 spiro atoms. The predicted octanol–water partition coefficient (Wildman–Crippen LogP) is 2.61. The van der Waals surface area contributed by atoms with Crippen LogP contribution in [0.5, 0.6) is 11.5 Å². The van der Waals surface area contributed by atoms with E-state index in [1.54, 1.807) is 6.07 Å². The van der Waals surface area contributed by atoms with E-state index in [0.29, 0.717) is 12.0 Å². The van der Waals surface area contributed by atoms with E-state index in [2.05, 4.69) is 11.8 Å². The molecule has 2 N–H and O–H groups in total. The van der Waals surface area contributed by atoms with Crippen molar-refractivity contribution in [1.82, 2.24) is 4.90 Å². The van der Waals surface area contributed by atoms with Gasteiger partial charge in [-0.25, -0.2) is 0 Å². The first kappa shape index (κ1) is 11.8. The zero-order valence-corrected chi connectivity index (χ0v) is 10.9. The Labute approximate surface area is 108 Å². The topological polar surface area (TPSA) is 43.7 Å². The number of rotatable bonds is 2. The van der Waals surface area contributed by atoms with Crippen LogP contribution in [-0.2, 0) is 6.42 Å². The standard InChI is InChI=1S/C15H21NO2/c1-2-8-16-9-7-11-10-4-6-14(17)15(18)12(10)3-5-13(11)16/h4,6,11,13,17-18H,2-3,5,7-9H2,1H3/t11-,13+/m1/s1. The number of aromatic hydroxyl groups is 2. The van der Waals surface area contributed by atoms with E-state index in [1.807, 2.05) is 6.07 Å². The van der Waals surface area contributed by atoms with Gasteiger partial charge in [-0.05, 0) is 50.4 Å². The van der Waals surface area contributed by atoms with Crippen LogP contribution in [0.4, 0.5) is 0 Å². The zero-order valence-electron chi connectivity index (χ0n) is 10.9. The fourth-order valence-electron chi connectivity index (χ4n) is 3.77. The molecule has 1 fully saturated rings. The van der Waals surface area contributed by atoms with Gasteiger partial charge in [0.15, 0.2) is 11.5 Å². The van der Waals surface area contributed by atoms with Crippen molar-refractivity contribution < 1.29 is 10.2 Å². The molecule has 0 bridgehead atoms. The number of phenols is 2. The molecule has 1 aromatic rings. The van der Waals surface area contributed by atoms with E-state index in [0.717, 1.165) is 18.4 Å². The molecular weight excluding hydrogens is 226 g/mol. The first-order valence-corrected chi connectivity index (χ1v) is 7.00. The normalized spacial score (nSPS) is 26.9. The molecule has 0 saturated carbocycles. The van der Waals surface area contributed by atoms with E-state index >= 15 is 0 Å². The van der Waals surface area contributed by atoms with Gasteiger partial charge in [0.05, 0.1) is 0 Å². The molecule has 3 rings (SSSR count). The van der Waals surface area contributed by atoms with Crippen molar-refractivity contribution in [3.63, 3.8) is 0 Å². The van der Waals surface area contributed by atoms with Crippen LogP contribution >= 0.6 is 0 Å². The van der Waals surface area contributed by atoms with Crippen molar-refractivity contribution in [3.8, 4) is 11.5 Å². The summed E-state index contributed by atoms with van der Waals surface area (Å²) < 4.78 is 0. The molecular formula is C15H21NO2. The third kappa shape index (κ3) is 1.69. The van der Waals surface area contributed by atoms with Gasteiger partial charge in [0, 0.05) is 17.5 Å².